The number of esters is 1. The average molecular weight is 239 g/mol. The molecule has 0 spiro atoms. The number of rotatable bonds is 5. The van der Waals surface area contributed by atoms with Crippen LogP contribution in [0.1, 0.15) is 51.9 Å². The molecule has 2 fully saturated rings. The summed E-state index contributed by atoms with van der Waals surface area (Å²) in [6, 6.07) is 0. The van der Waals surface area contributed by atoms with E-state index in [9.17, 15) is 4.79 Å². The minimum atomic E-state index is -0.385. The van der Waals surface area contributed by atoms with Crippen LogP contribution in [-0.4, -0.2) is 25.2 Å². The van der Waals surface area contributed by atoms with Gasteiger partial charge in [-0.2, -0.15) is 0 Å². The highest BCUT2D eigenvalue weighted by Crippen LogP contribution is 2.38. The second-order valence-electron chi connectivity index (χ2n) is 5.64. The highest BCUT2D eigenvalue weighted by Gasteiger charge is 2.47. The molecule has 0 heterocycles. The molecule has 0 aromatic rings. The standard InChI is InChI=1S/C14H25NO2/c1-3-12-6-4-5-9-14(12,13(16)17-2)15-10-11-7-8-11/h11-12,15H,3-10H2,1-2H3. The van der Waals surface area contributed by atoms with E-state index in [2.05, 4.69) is 12.2 Å². The van der Waals surface area contributed by atoms with Crippen LogP contribution in [0.25, 0.3) is 0 Å². The van der Waals surface area contributed by atoms with Crippen LogP contribution in [-0.2, 0) is 9.53 Å². The summed E-state index contributed by atoms with van der Waals surface area (Å²) in [4.78, 5) is 12.2. The fourth-order valence-corrected chi connectivity index (χ4v) is 3.20. The number of nitrogens with one attached hydrogen (secondary N) is 1. The second-order valence-corrected chi connectivity index (χ2v) is 5.64. The number of ether oxygens (including phenoxy) is 1. The molecule has 0 amide bonds. The third-order valence-electron chi connectivity index (χ3n) is 4.52. The van der Waals surface area contributed by atoms with Gasteiger partial charge in [-0.15, -0.1) is 0 Å². The molecule has 2 unspecified atom stereocenters. The minimum absolute atomic E-state index is 0.0373. The van der Waals surface area contributed by atoms with E-state index in [4.69, 9.17) is 4.74 Å². The lowest BCUT2D eigenvalue weighted by Gasteiger charge is -2.42. The summed E-state index contributed by atoms with van der Waals surface area (Å²) in [6.07, 6.45) is 8.20. The SMILES string of the molecule is CCC1CCCCC1(NCC1CC1)C(=O)OC. The van der Waals surface area contributed by atoms with Crippen molar-refractivity contribution in [1.82, 2.24) is 5.32 Å². The molecule has 0 aromatic heterocycles. The monoisotopic (exact) mass is 239 g/mol. The zero-order valence-electron chi connectivity index (χ0n) is 11.1. The van der Waals surface area contributed by atoms with Gasteiger partial charge in [0.1, 0.15) is 5.54 Å². The molecule has 0 radical (unpaired) electrons. The van der Waals surface area contributed by atoms with Gasteiger partial charge in [0.25, 0.3) is 0 Å². The lowest BCUT2D eigenvalue weighted by molar-refractivity contribution is -0.153. The summed E-state index contributed by atoms with van der Waals surface area (Å²) in [5, 5.41) is 3.57. The van der Waals surface area contributed by atoms with Crippen LogP contribution >= 0.6 is 0 Å². The van der Waals surface area contributed by atoms with E-state index in [1.54, 1.807) is 0 Å². The van der Waals surface area contributed by atoms with Crippen LogP contribution in [0.15, 0.2) is 0 Å². The van der Waals surface area contributed by atoms with Crippen molar-refractivity contribution in [2.24, 2.45) is 11.8 Å². The molecule has 0 saturated heterocycles. The Morgan fingerprint density at radius 2 is 2.12 bits per heavy atom. The van der Waals surface area contributed by atoms with Gasteiger partial charge in [0.05, 0.1) is 7.11 Å². The van der Waals surface area contributed by atoms with Crippen molar-refractivity contribution >= 4 is 5.97 Å². The summed E-state index contributed by atoms with van der Waals surface area (Å²) in [5.41, 5.74) is -0.385. The molecule has 3 nitrogen and oxygen atoms in total. The zero-order chi connectivity index (χ0) is 12.3. The third kappa shape index (κ3) is 2.65. The maximum Gasteiger partial charge on any atom is 0.326 e. The molecular formula is C14H25NO2. The van der Waals surface area contributed by atoms with Crippen LogP contribution in [0, 0.1) is 11.8 Å². The van der Waals surface area contributed by atoms with Crippen molar-refractivity contribution in [3.63, 3.8) is 0 Å². The fourth-order valence-electron chi connectivity index (χ4n) is 3.20. The minimum Gasteiger partial charge on any atom is -0.468 e. The van der Waals surface area contributed by atoms with E-state index < -0.39 is 0 Å². The molecule has 0 aliphatic heterocycles. The Labute approximate surface area is 104 Å². The first-order chi connectivity index (χ1) is 8.23. The molecule has 2 aliphatic carbocycles. The van der Waals surface area contributed by atoms with Crippen molar-refractivity contribution < 1.29 is 9.53 Å². The first-order valence-corrected chi connectivity index (χ1v) is 7.06. The molecule has 2 rings (SSSR count). The van der Waals surface area contributed by atoms with E-state index in [1.807, 2.05) is 0 Å². The van der Waals surface area contributed by atoms with Crippen LogP contribution in [0.4, 0.5) is 0 Å². The predicted octanol–water partition coefficient (Wildman–Crippen LogP) is 2.50. The molecule has 17 heavy (non-hydrogen) atoms. The average Bonchev–Trinajstić information content (AvgIpc) is 3.19. The predicted molar refractivity (Wildman–Crippen MR) is 67.7 cm³/mol. The van der Waals surface area contributed by atoms with Gasteiger partial charge < -0.3 is 10.1 Å². The quantitative estimate of drug-likeness (QED) is 0.749. The van der Waals surface area contributed by atoms with Crippen LogP contribution < -0.4 is 5.32 Å². The van der Waals surface area contributed by atoms with Crippen LogP contribution in [0.3, 0.4) is 0 Å². The second kappa shape index (κ2) is 5.38. The summed E-state index contributed by atoms with van der Waals surface area (Å²) in [5.74, 6) is 1.21. The van der Waals surface area contributed by atoms with Crippen LogP contribution in [0.2, 0.25) is 0 Å². The lowest BCUT2D eigenvalue weighted by atomic mass is 9.71. The Morgan fingerprint density at radius 3 is 2.71 bits per heavy atom. The number of carbonyl (C=O) groups is 1. The van der Waals surface area contributed by atoms with Gasteiger partial charge in [-0.05, 0) is 44.1 Å². The Kier molecular flexibility index (Phi) is 4.08. The van der Waals surface area contributed by atoms with Crippen molar-refractivity contribution in [3.8, 4) is 0 Å². The van der Waals surface area contributed by atoms with Gasteiger partial charge >= 0.3 is 5.97 Å². The molecule has 3 heteroatoms. The van der Waals surface area contributed by atoms with Gasteiger partial charge in [0.2, 0.25) is 0 Å². The molecule has 2 aliphatic rings. The number of hydrogen-bond donors (Lipinski definition) is 1. The lowest BCUT2D eigenvalue weighted by Crippen LogP contribution is -2.59. The third-order valence-corrected chi connectivity index (χ3v) is 4.52. The first-order valence-electron chi connectivity index (χ1n) is 7.06. The molecule has 0 bridgehead atoms. The number of carbonyl (C=O) groups excluding carboxylic acids is 1. The Balaban J connectivity index is 2.09. The summed E-state index contributed by atoms with van der Waals surface area (Å²) in [6.45, 7) is 3.18. The van der Waals surface area contributed by atoms with E-state index in [1.165, 1.54) is 26.4 Å². The summed E-state index contributed by atoms with van der Waals surface area (Å²) in [7, 11) is 1.52. The molecule has 0 aromatic carbocycles. The molecule has 2 atom stereocenters. The van der Waals surface area contributed by atoms with E-state index in [0.29, 0.717) is 5.92 Å². The van der Waals surface area contributed by atoms with E-state index in [-0.39, 0.29) is 11.5 Å². The highest BCUT2D eigenvalue weighted by molar-refractivity contribution is 5.81. The fraction of sp³-hybridized carbons (Fsp3) is 0.929. The Bertz CT molecular complexity index is 275. The van der Waals surface area contributed by atoms with Gasteiger partial charge in [0.15, 0.2) is 0 Å². The van der Waals surface area contributed by atoms with E-state index in [0.717, 1.165) is 38.1 Å². The van der Waals surface area contributed by atoms with Crippen molar-refractivity contribution in [2.75, 3.05) is 13.7 Å². The van der Waals surface area contributed by atoms with Gasteiger partial charge in [0, 0.05) is 0 Å². The molecule has 98 valence electrons. The first kappa shape index (κ1) is 12.9. The topological polar surface area (TPSA) is 38.3 Å². The number of methoxy groups -OCH3 is 1. The van der Waals surface area contributed by atoms with E-state index >= 15 is 0 Å². The number of hydrogen-bond acceptors (Lipinski definition) is 3. The van der Waals surface area contributed by atoms with Gasteiger partial charge in [-0.1, -0.05) is 26.2 Å². The molecular weight excluding hydrogens is 214 g/mol. The Morgan fingerprint density at radius 1 is 1.35 bits per heavy atom. The normalized spacial score (nSPS) is 33.4. The molecule has 2 saturated carbocycles. The maximum atomic E-state index is 12.2. The van der Waals surface area contributed by atoms with Gasteiger partial charge in [-0.3, -0.25) is 4.79 Å². The largest absolute Gasteiger partial charge is 0.468 e. The van der Waals surface area contributed by atoms with Crippen molar-refractivity contribution in [2.45, 2.75) is 57.4 Å². The zero-order valence-corrected chi connectivity index (χ0v) is 11.1. The highest BCUT2D eigenvalue weighted by atomic mass is 16.5. The summed E-state index contributed by atoms with van der Waals surface area (Å²) < 4.78 is 5.08. The van der Waals surface area contributed by atoms with Crippen molar-refractivity contribution in [3.05, 3.63) is 0 Å². The van der Waals surface area contributed by atoms with Crippen molar-refractivity contribution in [1.29, 1.82) is 0 Å². The van der Waals surface area contributed by atoms with Crippen LogP contribution in [0.5, 0.6) is 0 Å². The smallest absolute Gasteiger partial charge is 0.326 e. The maximum absolute atomic E-state index is 12.2. The van der Waals surface area contributed by atoms with Gasteiger partial charge in [-0.25, -0.2) is 0 Å². The Hall–Kier alpha value is -0.570. The molecule has 1 N–H and O–H groups in total. The summed E-state index contributed by atoms with van der Waals surface area (Å²) >= 11 is 0.